The Hall–Kier alpha value is -2.46. The summed E-state index contributed by atoms with van der Waals surface area (Å²) in [7, 11) is 0. The van der Waals surface area contributed by atoms with Gasteiger partial charge < -0.3 is 16.0 Å². The van der Waals surface area contributed by atoms with Crippen LogP contribution in [0, 0.1) is 0 Å². The fourth-order valence-electron chi connectivity index (χ4n) is 2.74. The molecule has 0 aliphatic carbocycles. The summed E-state index contributed by atoms with van der Waals surface area (Å²) in [5.74, 6) is 0.146. The average Bonchev–Trinajstić information content (AvgIpc) is 2.86. The molecule has 0 saturated heterocycles. The van der Waals surface area contributed by atoms with E-state index in [4.69, 9.17) is 11.5 Å². The topological polar surface area (TPSA) is 69.3 Å². The van der Waals surface area contributed by atoms with E-state index in [0.29, 0.717) is 6.54 Å². The quantitative estimate of drug-likeness (QED) is 0.558. The third-order valence-corrected chi connectivity index (χ3v) is 3.74. The molecular weight excluding hydrogens is 308 g/mol. The summed E-state index contributed by atoms with van der Waals surface area (Å²) in [6.07, 6.45) is 3.04. The molecule has 1 aromatic heterocycles. The molecule has 0 radical (unpaired) electrons. The van der Waals surface area contributed by atoms with E-state index in [1.165, 1.54) is 22.0 Å². The zero-order valence-electron chi connectivity index (χ0n) is 12.9. The molecule has 0 spiro atoms. The van der Waals surface area contributed by atoms with Crippen LogP contribution < -0.4 is 11.5 Å². The fraction of sp³-hybridized carbons (Fsp3) is 0.167. The molecule has 0 aliphatic heterocycles. The minimum Gasteiger partial charge on any atom is -0.370 e. The molecule has 1 heterocycles. The average molecular weight is 329 g/mol. The Morgan fingerprint density at radius 2 is 1.65 bits per heavy atom. The van der Waals surface area contributed by atoms with Crippen LogP contribution in [0.3, 0.4) is 0 Å². The SMILES string of the molecule is Cl.NC(N)=NCCc1cn(Cc2ccccc2)c2ccccc12. The van der Waals surface area contributed by atoms with Gasteiger partial charge in [-0.3, -0.25) is 4.99 Å². The number of benzene rings is 2. The summed E-state index contributed by atoms with van der Waals surface area (Å²) in [6, 6.07) is 18.9. The first-order valence-corrected chi connectivity index (χ1v) is 7.40. The normalized spacial score (nSPS) is 10.3. The van der Waals surface area contributed by atoms with Gasteiger partial charge in [0.2, 0.25) is 0 Å². The lowest BCUT2D eigenvalue weighted by Crippen LogP contribution is -2.23. The van der Waals surface area contributed by atoms with Gasteiger partial charge in [-0.05, 0) is 23.6 Å². The predicted octanol–water partition coefficient (Wildman–Crippen LogP) is 2.93. The second kappa shape index (κ2) is 7.70. The van der Waals surface area contributed by atoms with Crippen LogP contribution >= 0.6 is 12.4 Å². The first-order chi connectivity index (χ1) is 10.7. The van der Waals surface area contributed by atoms with Crippen molar-refractivity contribution < 1.29 is 0 Å². The van der Waals surface area contributed by atoms with Crippen LogP contribution in [0.15, 0.2) is 65.8 Å². The van der Waals surface area contributed by atoms with Crippen molar-refractivity contribution in [3.63, 3.8) is 0 Å². The summed E-state index contributed by atoms with van der Waals surface area (Å²) in [5, 5.41) is 1.27. The minimum atomic E-state index is 0. The van der Waals surface area contributed by atoms with Crippen LogP contribution in [-0.4, -0.2) is 17.1 Å². The van der Waals surface area contributed by atoms with E-state index in [1.54, 1.807) is 0 Å². The first-order valence-electron chi connectivity index (χ1n) is 7.40. The van der Waals surface area contributed by atoms with E-state index in [2.05, 4.69) is 64.3 Å². The van der Waals surface area contributed by atoms with Crippen molar-refractivity contribution in [3.8, 4) is 0 Å². The van der Waals surface area contributed by atoms with Crippen molar-refractivity contribution in [2.24, 2.45) is 16.5 Å². The Balaban J connectivity index is 0.00000192. The third kappa shape index (κ3) is 4.05. The molecule has 23 heavy (non-hydrogen) atoms. The van der Waals surface area contributed by atoms with Crippen LogP contribution in [-0.2, 0) is 13.0 Å². The number of nitrogens with two attached hydrogens (primary N) is 2. The Labute approximate surface area is 142 Å². The van der Waals surface area contributed by atoms with E-state index >= 15 is 0 Å². The van der Waals surface area contributed by atoms with Crippen LogP contribution in [0.2, 0.25) is 0 Å². The lowest BCUT2D eigenvalue weighted by molar-refractivity contribution is 0.827. The minimum absolute atomic E-state index is 0. The van der Waals surface area contributed by atoms with Crippen LogP contribution in [0.4, 0.5) is 0 Å². The Morgan fingerprint density at radius 1 is 0.957 bits per heavy atom. The van der Waals surface area contributed by atoms with Gasteiger partial charge in [0.05, 0.1) is 0 Å². The zero-order valence-corrected chi connectivity index (χ0v) is 13.7. The number of fused-ring (bicyclic) bond motifs is 1. The lowest BCUT2D eigenvalue weighted by Gasteiger charge is -2.05. The highest BCUT2D eigenvalue weighted by Crippen LogP contribution is 2.23. The zero-order chi connectivity index (χ0) is 15.4. The maximum absolute atomic E-state index is 5.40. The highest BCUT2D eigenvalue weighted by molar-refractivity contribution is 5.85. The molecule has 0 fully saturated rings. The second-order valence-corrected chi connectivity index (χ2v) is 5.34. The maximum atomic E-state index is 5.40. The molecule has 3 aromatic rings. The van der Waals surface area contributed by atoms with Gasteiger partial charge in [0.25, 0.3) is 0 Å². The van der Waals surface area contributed by atoms with E-state index in [9.17, 15) is 0 Å². The summed E-state index contributed by atoms with van der Waals surface area (Å²) in [6.45, 7) is 1.48. The molecule has 0 unspecified atom stereocenters. The monoisotopic (exact) mass is 328 g/mol. The summed E-state index contributed by atoms with van der Waals surface area (Å²) < 4.78 is 2.29. The third-order valence-electron chi connectivity index (χ3n) is 3.74. The molecule has 4 nitrogen and oxygen atoms in total. The molecule has 0 atom stereocenters. The van der Waals surface area contributed by atoms with Crippen LogP contribution in [0.25, 0.3) is 10.9 Å². The molecule has 0 amide bonds. The Bertz CT molecular complexity index is 789. The highest BCUT2D eigenvalue weighted by atomic mass is 35.5. The fourth-order valence-corrected chi connectivity index (χ4v) is 2.74. The molecule has 3 rings (SSSR count). The van der Waals surface area contributed by atoms with Crippen LogP contribution in [0.5, 0.6) is 0 Å². The number of para-hydroxylation sites is 1. The van der Waals surface area contributed by atoms with E-state index in [0.717, 1.165) is 13.0 Å². The molecule has 0 saturated carbocycles. The van der Waals surface area contributed by atoms with Crippen molar-refractivity contribution in [3.05, 3.63) is 71.9 Å². The number of aliphatic imine (C=N–C) groups is 1. The second-order valence-electron chi connectivity index (χ2n) is 5.34. The predicted molar refractivity (Wildman–Crippen MR) is 99.1 cm³/mol. The number of aromatic nitrogens is 1. The van der Waals surface area contributed by atoms with Gasteiger partial charge in [0.1, 0.15) is 0 Å². The maximum Gasteiger partial charge on any atom is 0.185 e. The lowest BCUT2D eigenvalue weighted by atomic mass is 10.1. The van der Waals surface area contributed by atoms with Crippen molar-refractivity contribution in [2.75, 3.05) is 6.54 Å². The van der Waals surface area contributed by atoms with Crippen molar-refractivity contribution >= 4 is 29.3 Å². The number of hydrogen-bond acceptors (Lipinski definition) is 1. The van der Waals surface area contributed by atoms with Gasteiger partial charge in [0, 0.05) is 30.2 Å². The largest absolute Gasteiger partial charge is 0.370 e. The van der Waals surface area contributed by atoms with Gasteiger partial charge >= 0.3 is 0 Å². The van der Waals surface area contributed by atoms with Gasteiger partial charge in [-0.2, -0.15) is 0 Å². The van der Waals surface area contributed by atoms with E-state index < -0.39 is 0 Å². The van der Waals surface area contributed by atoms with Crippen molar-refractivity contribution in [1.29, 1.82) is 0 Å². The van der Waals surface area contributed by atoms with E-state index in [-0.39, 0.29) is 18.4 Å². The van der Waals surface area contributed by atoms with Gasteiger partial charge in [0.15, 0.2) is 5.96 Å². The van der Waals surface area contributed by atoms with Crippen molar-refractivity contribution in [1.82, 2.24) is 4.57 Å². The molecule has 4 N–H and O–H groups in total. The molecule has 0 aliphatic rings. The molecule has 0 bridgehead atoms. The van der Waals surface area contributed by atoms with E-state index in [1.807, 2.05) is 6.07 Å². The molecule has 5 heteroatoms. The van der Waals surface area contributed by atoms with Crippen molar-refractivity contribution in [2.45, 2.75) is 13.0 Å². The first kappa shape index (κ1) is 16.9. The number of nitrogens with zero attached hydrogens (tertiary/aromatic N) is 2. The summed E-state index contributed by atoms with van der Waals surface area (Å²) in [4.78, 5) is 4.08. The summed E-state index contributed by atoms with van der Waals surface area (Å²) >= 11 is 0. The standard InChI is InChI=1S/C18H20N4.ClH/c19-18(20)21-11-10-15-13-22(12-14-6-2-1-3-7-14)17-9-5-4-8-16(15)17;/h1-9,13H,10-12H2,(H4,19,20,21);1H. The smallest absolute Gasteiger partial charge is 0.185 e. The molecule has 2 aromatic carbocycles. The van der Waals surface area contributed by atoms with Crippen LogP contribution in [0.1, 0.15) is 11.1 Å². The number of guanidine groups is 1. The Morgan fingerprint density at radius 3 is 2.39 bits per heavy atom. The molecular formula is C18H21ClN4. The van der Waals surface area contributed by atoms with Gasteiger partial charge in [-0.15, -0.1) is 12.4 Å². The highest BCUT2D eigenvalue weighted by Gasteiger charge is 2.08. The summed E-state index contributed by atoms with van der Waals surface area (Å²) in [5.41, 5.74) is 14.6. The van der Waals surface area contributed by atoms with Gasteiger partial charge in [-0.25, -0.2) is 0 Å². The molecule has 120 valence electrons. The number of hydrogen-bond donors (Lipinski definition) is 2. The van der Waals surface area contributed by atoms with Gasteiger partial charge in [-0.1, -0.05) is 48.5 Å². The Kier molecular flexibility index (Phi) is 5.66. The number of rotatable bonds is 5. The number of halogens is 1.